The van der Waals surface area contributed by atoms with E-state index in [9.17, 15) is 10.4 Å². The second-order valence-electron chi connectivity index (χ2n) is 8.24. The second-order valence-corrected chi connectivity index (χ2v) is 8.24. The van der Waals surface area contributed by atoms with Crippen molar-refractivity contribution in [3.63, 3.8) is 0 Å². The van der Waals surface area contributed by atoms with Crippen LogP contribution in [0, 0.1) is 27.6 Å². The summed E-state index contributed by atoms with van der Waals surface area (Å²) in [6, 6.07) is 2.43. The predicted octanol–water partition coefficient (Wildman–Crippen LogP) is 3.27. The Morgan fingerprint density at radius 2 is 1.63 bits per heavy atom. The first-order valence-corrected chi connectivity index (χ1v) is 7.35. The van der Waals surface area contributed by atoms with Crippen LogP contribution < -0.4 is 0 Å². The zero-order valence-electron chi connectivity index (χ0n) is 12.8. The summed E-state index contributed by atoms with van der Waals surface area (Å²) in [7, 11) is 0. The average Bonchev–Trinajstić information content (AvgIpc) is 2.25. The molecule has 1 saturated heterocycles. The van der Waals surface area contributed by atoms with E-state index in [0.29, 0.717) is 26.1 Å². The van der Waals surface area contributed by atoms with Gasteiger partial charge in [0.2, 0.25) is 0 Å². The smallest absolute Gasteiger partial charge is 0.109 e. The van der Waals surface area contributed by atoms with Gasteiger partial charge in [-0.05, 0) is 42.9 Å². The van der Waals surface area contributed by atoms with Crippen LogP contribution in [0.4, 0.5) is 0 Å². The number of rotatable bonds is 1. The van der Waals surface area contributed by atoms with E-state index in [1.54, 1.807) is 0 Å². The van der Waals surface area contributed by atoms with Gasteiger partial charge < -0.3 is 9.84 Å². The van der Waals surface area contributed by atoms with E-state index < -0.39 is 11.0 Å². The van der Waals surface area contributed by atoms with Crippen LogP contribution in [0.25, 0.3) is 0 Å². The summed E-state index contributed by atoms with van der Waals surface area (Å²) in [5.41, 5.74) is -1.51. The summed E-state index contributed by atoms with van der Waals surface area (Å²) >= 11 is 0. The van der Waals surface area contributed by atoms with Gasteiger partial charge in [0, 0.05) is 6.61 Å². The molecular weight excluding hydrogens is 238 g/mol. The van der Waals surface area contributed by atoms with Gasteiger partial charge in [0.1, 0.15) is 5.41 Å². The molecule has 0 bridgehead atoms. The first kappa shape index (κ1) is 14.8. The molecule has 19 heavy (non-hydrogen) atoms. The van der Waals surface area contributed by atoms with Gasteiger partial charge in [-0.1, -0.05) is 27.7 Å². The van der Waals surface area contributed by atoms with E-state index in [1.165, 1.54) is 0 Å². The summed E-state index contributed by atoms with van der Waals surface area (Å²) in [6.07, 6.45) is 4.11. The highest BCUT2D eigenvalue weighted by Crippen LogP contribution is 2.57. The lowest BCUT2D eigenvalue weighted by molar-refractivity contribution is -0.177. The van der Waals surface area contributed by atoms with E-state index >= 15 is 0 Å². The summed E-state index contributed by atoms with van der Waals surface area (Å²) < 4.78 is 5.55. The van der Waals surface area contributed by atoms with Crippen LogP contribution in [0.5, 0.6) is 0 Å². The van der Waals surface area contributed by atoms with E-state index in [4.69, 9.17) is 4.74 Å². The first-order valence-electron chi connectivity index (χ1n) is 7.35. The molecule has 0 radical (unpaired) electrons. The quantitative estimate of drug-likeness (QED) is 0.791. The maximum absolute atomic E-state index is 11.3. The van der Waals surface area contributed by atoms with Crippen molar-refractivity contribution >= 4 is 0 Å². The van der Waals surface area contributed by atoms with Crippen molar-refractivity contribution in [2.75, 3.05) is 13.2 Å². The highest BCUT2D eigenvalue weighted by Gasteiger charge is 2.58. The van der Waals surface area contributed by atoms with Crippen molar-refractivity contribution in [2.45, 2.75) is 65.4 Å². The molecule has 2 aliphatic rings. The van der Waals surface area contributed by atoms with Gasteiger partial charge in [0.15, 0.2) is 0 Å². The Balaban J connectivity index is 2.37. The number of hydrogen-bond acceptors (Lipinski definition) is 3. The van der Waals surface area contributed by atoms with Crippen LogP contribution in [-0.2, 0) is 4.74 Å². The molecule has 1 saturated carbocycles. The molecule has 3 nitrogen and oxygen atoms in total. The molecule has 0 aromatic heterocycles. The maximum Gasteiger partial charge on any atom is 0.109 e. The Labute approximate surface area is 117 Å². The Morgan fingerprint density at radius 3 is 2.05 bits per heavy atom. The van der Waals surface area contributed by atoms with Crippen LogP contribution in [0.3, 0.4) is 0 Å². The molecule has 1 unspecified atom stereocenters. The number of nitriles is 1. The lowest BCUT2D eigenvalue weighted by atomic mass is 9.52. The van der Waals surface area contributed by atoms with Gasteiger partial charge in [-0.3, -0.25) is 0 Å². The molecule has 3 heteroatoms. The minimum Gasteiger partial charge on any atom is -0.388 e. The molecular formula is C16H27NO2. The molecule has 1 N–H and O–H groups in total. The monoisotopic (exact) mass is 265 g/mol. The van der Waals surface area contributed by atoms with Crippen LogP contribution in [0.15, 0.2) is 0 Å². The summed E-state index contributed by atoms with van der Waals surface area (Å²) in [5, 5.41) is 21.0. The van der Waals surface area contributed by atoms with Gasteiger partial charge in [-0.2, -0.15) is 5.26 Å². The molecule has 1 aliphatic heterocycles. The molecule has 0 spiro atoms. The van der Waals surface area contributed by atoms with Crippen LogP contribution in [0.1, 0.15) is 59.8 Å². The molecule has 0 amide bonds. The zero-order valence-corrected chi connectivity index (χ0v) is 12.8. The summed E-state index contributed by atoms with van der Waals surface area (Å²) in [4.78, 5) is 0. The van der Waals surface area contributed by atoms with Crippen molar-refractivity contribution in [3.05, 3.63) is 0 Å². The molecule has 1 aliphatic carbocycles. The fourth-order valence-electron chi connectivity index (χ4n) is 4.76. The van der Waals surface area contributed by atoms with Gasteiger partial charge in [-0.25, -0.2) is 0 Å². The van der Waals surface area contributed by atoms with Gasteiger partial charge in [0.25, 0.3) is 0 Å². The molecule has 2 fully saturated rings. The molecule has 1 heterocycles. The van der Waals surface area contributed by atoms with E-state index in [2.05, 4.69) is 33.8 Å². The fraction of sp³-hybridized carbons (Fsp3) is 0.938. The van der Waals surface area contributed by atoms with E-state index in [-0.39, 0.29) is 10.8 Å². The normalized spacial score (nSPS) is 36.4. The van der Waals surface area contributed by atoms with Crippen molar-refractivity contribution < 1.29 is 9.84 Å². The topological polar surface area (TPSA) is 53.2 Å². The van der Waals surface area contributed by atoms with Crippen molar-refractivity contribution in [3.8, 4) is 6.07 Å². The van der Waals surface area contributed by atoms with Gasteiger partial charge in [0.05, 0.1) is 18.3 Å². The fourth-order valence-corrected chi connectivity index (χ4v) is 4.76. The molecule has 0 aromatic rings. The Morgan fingerprint density at radius 1 is 1.05 bits per heavy atom. The third kappa shape index (κ3) is 2.66. The van der Waals surface area contributed by atoms with Crippen molar-refractivity contribution in [1.29, 1.82) is 5.26 Å². The number of nitrogens with zero attached hydrogens (tertiary/aromatic N) is 1. The predicted molar refractivity (Wildman–Crippen MR) is 74.5 cm³/mol. The Bertz CT molecular complexity index is 370. The molecule has 2 rings (SSSR count). The SMILES string of the molecule is CC1(C)CC(C)(C)CC(O)(C2(C#N)CCCOC2)C1. The maximum atomic E-state index is 11.3. The number of hydrogen-bond donors (Lipinski definition) is 1. The van der Waals surface area contributed by atoms with Crippen LogP contribution in [-0.4, -0.2) is 23.9 Å². The van der Waals surface area contributed by atoms with Gasteiger partial charge in [-0.15, -0.1) is 0 Å². The summed E-state index contributed by atoms with van der Waals surface area (Å²) in [5.74, 6) is 0. The lowest BCUT2D eigenvalue weighted by Crippen LogP contribution is -2.58. The minimum absolute atomic E-state index is 0.0673. The Kier molecular flexibility index (Phi) is 3.48. The van der Waals surface area contributed by atoms with Gasteiger partial charge >= 0.3 is 0 Å². The lowest BCUT2D eigenvalue weighted by Gasteiger charge is -2.55. The van der Waals surface area contributed by atoms with Crippen molar-refractivity contribution in [1.82, 2.24) is 0 Å². The molecule has 108 valence electrons. The third-order valence-corrected chi connectivity index (χ3v) is 4.84. The van der Waals surface area contributed by atoms with Crippen LogP contribution in [0.2, 0.25) is 0 Å². The zero-order chi connectivity index (χ0) is 14.4. The van der Waals surface area contributed by atoms with E-state index in [0.717, 1.165) is 19.3 Å². The molecule has 0 aromatic carbocycles. The first-order chi connectivity index (χ1) is 8.64. The minimum atomic E-state index is -0.923. The second kappa shape index (κ2) is 4.46. The number of aliphatic hydroxyl groups is 1. The Hall–Kier alpha value is -0.590. The standard InChI is InChI=1S/C16H27NO2/c1-13(2)8-14(3,4)10-16(18,9-13)15(11-17)6-5-7-19-12-15/h18H,5-10,12H2,1-4H3. The highest BCUT2D eigenvalue weighted by molar-refractivity contribution is 5.16. The van der Waals surface area contributed by atoms with Crippen molar-refractivity contribution in [2.24, 2.45) is 16.2 Å². The third-order valence-electron chi connectivity index (χ3n) is 4.84. The van der Waals surface area contributed by atoms with E-state index in [1.807, 2.05) is 0 Å². The highest BCUT2D eigenvalue weighted by atomic mass is 16.5. The van der Waals surface area contributed by atoms with Crippen LogP contribution >= 0.6 is 0 Å². The summed E-state index contributed by atoms with van der Waals surface area (Å²) in [6.45, 7) is 9.90. The molecule has 1 atom stereocenters. The number of ether oxygens (including phenoxy) is 1. The largest absolute Gasteiger partial charge is 0.388 e. The average molecular weight is 265 g/mol.